The van der Waals surface area contributed by atoms with Crippen molar-refractivity contribution in [3.05, 3.63) is 47.8 Å². The van der Waals surface area contributed by atoms with Gasteiger partial charge in [0.1, 0.15) is 5.71 Å². The van der Waals surface area contributed by atoms with E-state index in [9.17, 15) is 13.2 Å². The highest BCUT2D eigenvalue weighted by atomic mass is 32.2. The largest absolute Gasteiger partial charge is 0.372 e. The summed E-state index contributed by atoms with van der Waals surface area (Å²) >= 11 is 0. The first kappa shape index (κ1) is 39.7. The molecule has 0 bridgehead atoms. The van der Waals surface area contributed by atoms with E-state index in [1.54, 1.807) is 22.9 Å². The first-order chi connectivity index (χ1) is 24.3. The number of nitrogens with one attached hydrogen (secondary N) is 2. The number of sulfonamides is 1. The van der Waals surface area contributed by atoms with Gasteiger partial charge in [-0.1, -0.05) is 85.5 Å². The molecule has 0 fully saturated rings. The molecule has 0 aliphatic carbocycles. The number of aryl methyl sites for hydroxylation is 1. The van der Waals surface area contributed by atoms with Gasteiger partial charge in [-0.15, -0.1) is 10.2 Å². The van der Waals surface area contributed by atoms with Crippen LogP contribution >= 0.6 is 0 Å². The summed E-state index contributed by atoms with van der Waals surface area (Å²) in [5.74, 6) is 0.580. The summed E-state index contributed by atoms with van der Waals surface area (Å²) in [5, 5.41) is 16.8. The first-order valence-electron chi connectivity index (χ1n) is 18.7. The summed E-state index contributed by atoms with van der Waals surface area (Å²) in [6.45, 7) is 18.0. The summed E-state index contributed by atoms with van der Waals surface area (Å²) in [6.07, 6.45) is 11.2. The number of carbonyl (C=O) groups excluding carboxylic acids is 1. The molecule has 2 N–H and O–H groups in total. The van der Waals surface area contributed by atoms with E-state index >= 15 is 0 Å². The van der Waals surface area contributed by atoms with Gasteiger partial charge >= 0.3 is 0 Å². The van der Waals surface area contributed by atoms with Crippen LogP contribution in [0.15, 0.2) is 46.5 Å². The van der Waals surface area contributed by atoms with E-state index in [4.69, 9.17) is 10.1 Å². The van der Waals surface area contributed by atoms with Crippen LogP contribution in [0.5, 0.6) is 0 Å². The number of hydrogen-bond donors (Lipinski definition) is 2. The van der Waals surface area contributed by atoms with Gasteiger partial charge in [-0.3, -0.25) is 9.52 Å². The van der Waals surface area contributed by atoms with Gasteiger partial charge in [0.2, 0.25) is 21.8 Å². The Hall–Kier alpha value is -4.06. The number of nitrogens with zero attached hydrogens (tertiary/aromatic N) is 6. The van der Waals surface area contributed by atoms with Crippen molar-refractivity contribution in [3.63, 3.8) is 0 Å². The second-order valence-electron chi connectivity index (χ2n) is 14.5. The Balaban J connectivity index is 1.62. The number of benzene rings is 2. The Kier molecular flexibility index (Phi) is 14.0. The molecule has 0 saturated carbocycles. The molecule has 0 unspecified atom stereocenters. The molecule has 51 heavy (non-hydrogen) atoms. The molecule has 12 heteroatoms. The molecule has 3 aromatic rings. The van der Waals surface area contributed by atoms with Gasteiger partial charge in [-0.2, -0.15) is 9.78 Å². The highest BCUT2D eigenvalue weighted by Crippen LogP contribution is 2.36. The minimum absolute atomic E-state index is 0.0177. The topological polar surface area (TPSA) is 134 Å². The molecule has 1 aromatic heterocycles. The summed E-state index contributed by atoms with van der Waals surface area (Å²) in [4.78, 5) is 19.4. The summed E-state index contributed by atoms with van der Waals surface area (Å²) in [6, 6.07) is 11.3. The normalized spacial score (nSPS) is 13.7. The van der Waals surface area contributed by atoms with Crippen LogP contribution in [0.3, 0.4) is 0 Å². The lowest BCUT2D eigenvalue weighted by Crippen LogP contribution is -2.27. The third-order valence-electron chi connectivity index (χ3n) is 9.14. The van der Waals surface area contributed by atoms with Crippen LogP contribution in [-0.4, -0.2) is 59.5 Å². The smallest absolute Gasteiger partial charge is 0.232 e. The van der Waals surface area contributed by atoms with Crippen LogP contribution in [0.1, 0.15) is 124 Å². The quantitative estimate of drug-likeness (QED) is 0.119. The van der Waals surface area contributed by atoms with Crippen LogP contribution in [0, 0.1) is 12.3 Å². The van der Waals surface area contributed by atoms with Gasteiger partial charge in [-0.25, -0.2) is 13.4 Å². The van der Waals surface area contributed by atoms with E-state index in [2.05, 4.69) is 78.8 Å². The Morgan fingerprint density at radius 3 is 2.08 bits per heavy atom. The fourth-order valence-electron chi connectivity index (χ4n) is 6.32. The minimum Gasteiger partial charge on any atom is -0.372 e. The lowest BCUT2D eigenvalue weighted by Gasteiger charge is -2.22. The molecule has 1 amide bonds. The minimum atomic E-state index is -3.67. The average Bonchev–Trinajstić information content (AvgIpc) is 3.64. The van der Waals surface area contributed by atoms with Crippen LogP contribution < -0.4 is 14.9 Å². The predicted molar refractivity (Wildman–Crippen MR) is 212 cm³/mol. The molecule has 0 radical (unpaired) electrons. The number of anilines is 3. The van der Waals surface area contributed by atoms with Crippen molar-refractivity contribution < 1.29 is 13.2 Å². The number of aliphatic imine (C=N–C) groups is 1. The third-order valence-corrected chi connectivity index (χ3v) is 10.5. The molecular weight excluding hydrogens is 661 g/mol. The predicted octanol–water partition coefficient (Wildman–Crippen LogP) is 9.11. The number of hydrogen-bond acceptors (Lipinski definition) is 8. The number of fused-ring (bicyclic) bond motifs is 1. The zero-order valence-electron chi connectivity index (χ0n) is 32.0. The monoisotopic (exact) mass is 718 g/mol. The molecule has 2 aromatic carbocycles. The highest BCUT2D eigenvalue weighted by molar-refractivity contribution is 7.92. The van der Waals surface area contributed by atoms with Gasteiger partial charge in [-0.05, 0) is 69.2 Å². The Morgan fingerprint density at radius 2 is 1.49 bits per heavy atom. The van der Waals surface area contributed by atoms with E-state index in [-0.39, 0.29) is 17.1 Å². The van der Waals surface area contributed by atoms with Crippen LogP contribution in [0.4, 0.5) is 22.7 Å². The van der Waals surface area contributed by atoms with Crippen molar-refractivity contribution in [2.45, 2.75) is 120 Å². The molecule has 0 spiro atoms. The Labute approximate surface area is 305 Å². The molecule has 2 heterocycles. The molecule has 1 aliphatic heterocycles. The molecule has 278 valence electrons. The van der Waals surface area contributed by atoms with Gasteiger partial charge < -0.3 is 10.2 Å². The molecule has 11 nitrogen and oxygen atoms in total. The van der Waals surface area contributed by atoms with Crippen molar-refractivity contribution >= 4 is 50.1 Å². The summed E-state index contributed by atoms with van der Waals surface area (Å²) in [5.41, 5.74) is 5.24. The molecular formula is C39H58N8O3S. The molecule has 1 aliphatic rings. The third kappa shape index (κ3) is 10.7. The van der Waals surface area contributed by atoms with Crippen LogP contribution in [0.25, 0.3) is 11.4 Å². The zero-order valence-corrected chi connectivity index (χ0v) is 32.8. The van der Waals surface area contributed by atoms with Crippen LogP contribution in [0.2, 0.25) is 0 Å². The second-order valence-corrected chi connectivity index (χ2v) is 16.3. The molecule has 4 rings (SSSR count). The van der Waals surface area contributed by atoms with E-state index in [0.29, 0.717) is 40.7 Å². The second kappa shape index (κ2) is 17.9. The maximum Gasteiger partial charge on any atom is 0.232 e. The zero-order chi connectivity index (χ0) is 37.2. The van der Waals surface area contributed by atoms with Crippen LogP contribution in [-0.2, 0) is 14.8 Å². The van der Waals surface area contributed by atoms with E-state index < -0.39 is 10.0 Å². The lowest BCUT2D eigenvalue weighted by atomic mass is 9.87. The fraction of sp³-hybridized carbons (Fsp3) is 0.564. The summed E-state index contributed by atoms with van der Waals surface area (Å²) < 4.78 is 31.1. The number of amides is 1. The number of rotatable bonds is 19. The number of aromatic nitrogens is 3. The van der Waals surface area contributed by atoms with Crippen molar-refractivity contribution in [2.75, 3.05) is 33.8 Å². The highest BCUT2D eigenvalue weighted by Gasteiger charge is 2.36. The SMILES string of the molecule is CCCCCCCCCCCCS(=O)(=O)Nc1ccc(NC(C)=O)cc1-c1nnc2n1N=C(C(C)(C)C)C2=Nc1ccc(N(CC)CC)cc1C. The van der Waals surface area contributed by atoms with Crippen molar-refractivity contribution in [2.24, 2.45) is 15.5 Å². The Morgan fingerprint density at radius 1 is 0.863 bits per heavy atom. The molecule has 0 saturated heterocycles. The maximum absolute atomic E-state index is 13.4. The van der Waals surface area contributed by atoms with Crippen molar-refractivity contribution in [1.82, 2.24) is 14.9 Å². The lowest BCUT2D eigenvalue weighted by molar-refractivity contribution is -0.114. The van der Waals surface area contributed by atoms with E-state index in [1.807, 2.05) is 13.0 Å². The average molecular weight is 719 g/mol. The van der Waals surface area contributed by atoms with Gasteiger partial charge in [0.25, 0.3) is 0 Å². The van der Waals surface area contributed by atoms with Crippen molar-refractivity contribution in [1.29, 1.82) is 0 Å². The first-order valence-corrected chi connectivity index (χ1v) is 20.4. The maximum atomic E-state index is 13.4. The van der Waals surface area contributed by atoms with Gasteiger partial charge in [0.15, 0.2) is 5.82 Å². The van der Waals surface area contributed by atoms with E-state index in [0.717, 1.165) is 55.0 Å². The van der Waals surface area contributed by atoms with Gasteiger partial charge in [0.05, 0.1) is 22.8 Å². The molecule has 0 atom stereocenters. The number of unbranched alkanes of at least 4 members (excludes halogenated alkanes) is 9. The fourth-order valence-corrected chi connectivity index (χ4v) is 7.52. The standard InChI is InChI=1S/C39H58N8O3S/c1-9-12-13-14-15-16-17-18-19-20-25-51(49,50)45-34-23-21-30(40-29(5)48)27-32(34)37-42-43-38-35(36(39(6,7)8)44-47(37)38)41-33-24-22-31(26-28(33)4)46(10-2)11-3/h21-24,26-27,45H,9-20,25H2,1-8H3,(H,40,48). The Bertz CT molecular complexity index is 1820. The van der Waals surface area contributed by atoms with Crippen molar-refractivity contribution in [3.8, 4) is 11.4 Å². The van der Waals surface area contributed by atoms with Gasteiger partial charge in [0, 0.05) is 42.4 Å². The van der Waals surface area contributed by atoms with E-state index in [1.165, 1.54) is 45.4 Å². The summed E-state index contributed by atoms with van der Waals surface area (Å²) in [7, 11) is -3.67. The number of carbonyl (C=O) groups is 1.